The molecular formula is C7H6N2O5. The van der Waals surface area contributed by atoms with Gasteiger partial charge in [0.05, 0.1) is 4.92 Å². The number of amides is 1. The lowest BCUT2D eigenvalue weighted by atomic mass is 10.2. The number of aromatic hydroxyl groups is 1. The van der Waals surface area contributed by atoms with Gasteiger partial charge in [-0.25, -0.2) is 4.79 Å². The number of carboxylic acid groups (broad SMARTS) is 1. The zero-order valence-corrected chi connectivity index (χ0v) is 6.80. The number of hydrogen-bond acceptors (Lipinski definition) is 4. The summed E-state index contributed by atoms with van der Waals surface area (Å²) in [5, 5.41) is 29.7. The van der Waals surface area contributed by atoms with Crippen LogP contribution in [-0.2, 0) is 0 Å². The Morgan fingerprint density at radius 2 is 2.14 bits per heavy atom. The zero-order chi connectivity index (χ0) is 10.7. The number of nitro groups is 1. The average molecular weight is 198 g/mol. The van der Waals surface area contributed by atoms with E-state index in [0.717, 1.165) is 12.1 Å². The number of anilines is 1. The van der Waals surface area contributed by atoms with Gasteiger partial charge in [-0.3, -0.25) is 15.4 Å². The molecular weight excluding hydrogens is 192 g/mol. The van der Waals surface area contributed by atoms with E-state index in [1.807, 2.05) is 0 Å². The van der Waals surface area contributed by atoms with E-state index >= 15 is 0 Å². The van der Waals surface area contributed by atoms with Crippen molar-refractivity contribution in [3.05, 3.63) is 28.3 Å². The predicted molar refractivity (Wildman–Crippen MR) is 46.4 cm³/mol. The van der Waals surface area contributed by atoms with Crippen LogP contribution in [0.15, 0.2) is 18.2 Å². The smallest absolute Gasteiger partial charge is 0.409 e. The first kappa shape index (κ1) is 9.78. The molecule has 0 aliphatic heterocycles. The number of nitro benzene ring substituents is 1. The van der Waals surface area contributed by atoms with Gasteiger partial charge in [0.15, 0.2) is 5.69 Å². The van der Waals surface area contributed by atoms with Crippen molar-refractivity contribution in [2.45, 2.75) is 0 Å². The van der Waals surface area contributed by atoms with Crippen molar-refractivity contribution < 1.29 is 19.9 Å². The molecule has 74 valence electrons. The minimum atomic E-state index is -1.48. The molecule has 1 aromatic carbocycles. The summed E-state index contributed by atoms with van der Waals surface area (Å²) in [6.45, 7) is 0. The molecule has 0 bridgehead atoms. The first-order valence-corrected chi connectivity index (χ1v) is 3.48. The van der Waals surface area contributed by atoms with Gasteiger partial charge in [0.25, 0.3) is 5.69 Å². The van der Waals surface area contributed by atoms with Crippen LogP contribution in [0.5, 0.6) is 5.75 Å². The van der Waals surface area contributed by atoms with Crippen molar-refractivity contribution in [2.75, 3.05) is 5.32 Å². The Morgan fingerprint density at radius 1 is 1.50 bits per heavy atom. The molecule has 0 aliphatic rings. The molecule has 0 heterocycles. The second kappa shape index (κ2) is 3.60. The molecule has 0 aromatic heterocycles. The highest BCUT2D eigenvalue weighted by molar-refractivity contribution is 5.89. The number of hydrogen-bond donors (Lipinski definition) is 3. The third kappa shape index (κ3) is 1.89. The Labute approximate surface area is 77.7 Å². The third-order valence-electron chi connectivity index (χ3n) is 1.45. The fourth-order valence-electron chi connectivity index (χ4n) is 0.915. The fourth-order valence-corrected chi connectivity index (χ4v) is 0.915. The number of nitrogens with zero attached hydrogens (tertiary/aromatic N) is 1. The first-order valence-electron chi connectivity index (χ1n) is 3.48. The molecule has 7 nitrogen and oxygen atoms in total. The van der Waals surface area contributed by atoms with E-state index in [-0.39, 0.29) is 0 Å². The summed E-state index contributed by atoms with van der Waals surface area (Å²) in [5.41, 5.74) is -0.919. The van der Waals surface area contributed by atoms with E-state index < -0.39 is 28.1 Å². The van der Waals surface area contributed by atoms with Gasteiger partial charge in [0.2, 0.25) is 0 Å². The van der Waals surface area contributed by atoms with Gasteiger partial charge in [-0.1, -0.05) is 6.07 Å². The Morgan fingerprint density at radius 3 is 2.64 bits per heavy atom. The number of phenols is 1. The molecule has 0 saturated heterocycles. The molecule has 1 amide bonds. The van der Waals surface area contributed by atoms with Crippen LogP contribution in [0.4, 0.5) is 16.2 Å². The largest absolute Gasteiger partial charge is 0.505 e. The molecule has 14 heavy (non-hydrogen) atoms. The van der Waals surface area contributed by atoms with Crippen molar-refractivity contribution in [1.82, 2.24) is 0 Å². The van der Waals surface area contributed by atoms with E-state index in [1.54, 1.807) is 5.32 Å². The summed E-state index contributed by atoms with van der Waals surface area (Å²) in [5.74, 6) is -0.485. The van der Waals surface area contributed by atoms with Crippen LogP contribution < -0.4 is 5.32 Å². The lowest BCUT2D eigenvalue weighted by Gasteiger charge is -2.03. The Bertz CT molecular complexity index is 390. The fraction of sp³-hybridized carbons (Fsp3) is 0. The number of para-hydroxylation sites is 1. The molecule has 0 spiro atoms. The van der Waals surface area contributed by atoms with Gasteiger partial charge in [-0.2, -0.15) is 0 Å². The highest BCUT2D eigenvalue weighted by atomic mass is 16.6. The van der Waals surface area contributed by atoms with Crippen LogP contribution in [0.1, 0.15) is 0 Å². The standard InChI is InChI=1S/C7H6N2O5/c10-5-3-1-2-4(9(13)14)6(5)8-7(11)12/h1-3,8,10H,(H,11,12). The molecule has 1 aromatic rings. The van der Waals surface area contributed by atoms with Crippen LogP contribution in [0.2, 0.25) is 0 Å². The number of rotatable bonds is 2. The van der Waals surface area contributed by atoms with E-state index in [4.69, 9.17) is 10.2 Å². The van der Waals surface area contributed by atoms with Crippen molar-refractivity contribution in [1.29, 1.82) is 0 Å². The van der Waals surface area contributed by atoms with Gasteiger partial charge in [0.1, 0.15) is 5.75 Å². The zero-order valence-electron chi connectivity index (χ0n) is 6.80. The van der Waals surface area contributed by atoms with Crippen molar-refractivity contribution in [3.63, 3.8) is 0 Å². The topological polar surface area (TPSA) is 113 Å². The van der Waals surface area contributed by atoms with Crippen molar-refractivity contribution in [2.24, 2.45) is 0 Å². The minimum absolute atomic E-state index is 0.426. The second-order valence-electron chi connectivity index (χ2n) is 2.36. The summed E-state index contributed by atoms with van der Waals surface area (Å²) in [6, 6.07) is 3.49. The number of carbonyl (C=O) groups is 1. The van der Waals surface area contributed by atoms with Crippen LogP contribution >= 0.6 is 0 Å². The van der Waals surface area contributed by atoms with Gasteiger partial charge in [0, 0.05) is 6.07 Å². The number of nitrogens with one attached hydrogen (secondary N) is 1. The van der Waals surface area contributed by atoms with E-state index in [2.05, 4.69) is 0 Å². The van der Waals surface area contributed by atoms with E-state index in [0.29, 0.717) is 0 Å². The second-order valence-corrected chi connectivity index (χ2v) is 2.36. The molecule has 0 unspecified atom stereocenters. The van der Waals surface area contributed by atoms with Gasteiger partial charge in [-0.05, 0) is 6.07 Å². The number of benzene rings is 1. The summed E-state index contributed by atoms with van der Waals surface area (Å²) < 4.78 is 0. The van der Waals surface area contributed by atoms with Crippen LogP contribution in [0.25, 0.3) is 0 Å². The van der Waals surface area contributed by atoms with Crippen LogP contribution in [-0.4, -0.2) is 21.2 Å². The third-order valence-corrected chi connectivity index (χ3v) is 1.45. The first-order chi connectivity index (χ1) is 6.52. The van der Waals surface area contributed by atoms with Gasteiger partial charge < -0.3 is 10.2 Å². The minimum Gasteiger partial charge on any atom is -0.505 e. The highest BCUT2D eigenvalue weighted by Crippen LogP contribution is 2.32. The van der Waals surface area contributed by atoms with Gasteiger partial charge in [-0.15, -0.1) is 0 Å². The maximum absolute atomic E-state index is 10.4. The molecule has 1 rings (SSSR count). The monoisotopic (exact) mass is 198 g/mol. The van der Waals surface area contributed by atoms with E-state index in [1.165, 1.54) is 6.07 Å². The summed E-state index contributed by atoms with van der Waals surface area (Å²) >= 11 is 0. The quantitative estimate of drug-likeness (QED) is 0.377. The molecule has 7 heteroatoms. The predicted octanol–water partition coefficient (Wildman–Crippen LogP) is 1.39. The summed E-state index contributed by atoms with van der Waals surface area (Å²) in [7, 11) is 0. The lowest BCUT2D eigenvalue weighted by molar-refractivity contribution is -0.384. The lowest BCUT2D eigenvalue weighted by Crippen LogP contribution is -2.09. The molecule has 3 N–H and O–H groups in total. The maximum atomic E-state index is 10.4. The Kier molecular flexibility index (Phi) is 2.52. The molecule has 0 aliphatic carbocycles. The van der Waals surface area contributed by atoms with E-state index in [9.17, 15) is 14.9 Å². The van der Waals surface area contributed by atoms with Gasteiger partial charge >= 0.3 is 6.09 Å². The maximum Gasteiger partial charge on any atom is 0.409 e. The molecule has 0 fully saturated rings. The van der Waals surface area contributed by atoms with Crippen molar-refractivity contribution in [3.8, 4) is 5.75 Å². The Balaban J connectivity index is 3.22. The van der Waals surface area contributed by atoms with Crippen LogP contribution in [0.3, 0.4) is 0 Å². The molecule has 0 atom stereocenters. The normalized spacial score (nSPS) is 9.43. The Hall–Kier alpha value is -2.31. The van der Waals surface area contributed by atoms with Crippen LogP contribution in [0, 0.1) is 10.1 Å². The average Bonchev–Trinajstić information content (AvgIpc) is 2.07. The summed E-state index contributed by atoms with van der Waals surface area (Å²) in [6.07, 6.45) is -1.48. The highest BCUT2D eigenvalue weighted by Gasteiger charge is 2.18. The summed E-state index contributed by atoms with van der Waals surface area (Å²) in [4.78, 5) is 19.9. The van der Waals surface area contributed by atoms with Crippen molar-refractivity contribution >= 4 is 17.5 Å². The number of phenolic OH excluding ortho intramolecular Hbond substituents is 1. The SMILES string of the molecule is O=C(O)Nc1c(O)cccc1[N+](=O)[O-]. The molecule has 0 radical (unpaired) electrons. The molecule has 0 saturated carbocycles.